The number of benzene rings is 3. The van der Waals surface area contributed by atoms with Crippen LogP contribution in [0.5, 0.6) is 11.5 Å². The molecule has 0 unspecified atom stereocenters. The van der Waals surface area contributed by atoms with E-state index in [2.05, 4.69) is 10.3 Å². The third-order valence-corrected chi connectivity index (χ3v) is 4.59. The van der Waals surface area contributed by atoms with Gasteiger partial charge in [-0.25, -0.2) is 0 Å². The molecule has 1 heterocycles. The Balaban J connectivity index is 1.59. The van der Waals surface area contributed by atoms with Crippen molar-refractivity contribution in [3.63, 3.8) is 0 Å². The van der Waals surface area contributed by atoms with E-state index in [9.17, 15) is 14.4 Å². The summed E-state index contributed by atoms with van der Waals surface area (Å²) in [6.45, 7) is 1.68. The molecule has 0 radical (unpaired) electrons. The third-order valence-electron chi connectivity index (χ3n) is 4.59. The lowest BCUT2D eigenvalue weighted by Gasteiger charge is -2.13. The van der Waals surface area contributed by atoms with E-state index < -0.39 is 17.0 Å². The first kappa shape index (κ1) is 19.2. The average Bonchev–Trinajstić information content (AvgIpc) is 2.74. The number of aryl methyl sites for hydroxylation is 1. The van der Waals surface area contributed by atoms with E-state index in [1.54, 1.807) is 48.5 Å². The van der Waals surface area contributed by atoms with Crippen LogP contribution in [0.15, 0.2) is 82.4 Å². The van der Waals surface area contributed by atoms with E-state index in [-0.39, 0.29) is 6.54 Å². The van der Waals surface area contributed by atoms with E-state index in [0.717, 1.165) is 10.1 Å². The van der Waals surface area contributed by atoms with Crippen molar-refractivity contribution in [2.75, 3.05) is 5.32 Å². The maximum absolute atomic E-state index is 12.7. The number of rotatable bonds is 5. The molecule has 4 rings (SSSR count). The first-order chi connectivity index (χ1) is 14.5. The molecule has 0 fully saturated rings. The van der Waals surface area contributed by atoms with E-state index in [1.165, 1.54) is 0 Å². The summed E-state index contributed by atoms with van der Waals surface area (Å²) in [5, 5.41) is 2.77. The number of H-pyrrole nitrogens is 1. The molecule has 0 spiro atoms. The molecule has 0 saturated carbocycles. The minimum absolute atomic E-state index is 0.303. The van der Waals surface area contributed by atoms with Crippen LogP contribution in [0.25, 0.3) is 11.0 Å². The Bertz CT molecular complexity index is 1340. The van der Waals surface area contributed by atoms with Gasteiger partial charge in [0.05, 0.1) is 16.7 Å². The van der Waals surface area contributed by atoms with Crippen molar-refractivity contribution in [1.29, 1.82) is 0 Å². The maximum atomic E-state index is 12.7. The van der Waals surface area contributed by atoms with Crippen LogP contribution in [0.2, 0.25) is 0 Å². The molecule has 7 nitrogen and oxygen atoms in total. The highest BCUT2D eigenvalue weighted by Crippen LogP contribution is 2.29. The lowest BCUT2D eigenvalue weighted by atomic mass is 10.2. The molecule has 0 bridgehead atoms. The van der Waals surface area contributed by atoms with E-state index >= 15 is 0 Å². The quantitative estimate of drug-likeness (QED) is 0.501. The molecule has 0 aliphatic heterocycles. The van der Waals surface area contributed by atoms with E-state index in [0.29, 0.717) is 28.2 Å². The van der Waals surface area contributed by atoms with Gasteiger partial charge < -0.3 is 15.0 Å². The largest absolute Gasteiger partial charge is 0.455 e. The molecule has 0 aliphatic carbocycles. The topological polar surface area (TPSA) is 93.2 Å². The van der Waals surface area contributed by atoms with Gasteiger partial charge in [0.1, 0.15) is 12.3 Å². The number of carbonyl (C=O) groups is 1. The Morgan fingerprint density at radius 3 is 2.47 bits per heavy atom. The Kier molecular flexibility index (Phi) is 5.17. The Morgan fingerprint density at radius 2 is 1.67 bits per heavy atom. The molecule has 1 aromatic heterocycles. The van der Waals surface area contributed by atoms with Gasteiger partial charge >= 0.3 is 11.1 Å². The van der Waals surface area contributed by atoms with Crippen molar-refractivity contribution in [1.82, 2.24) is 9.55 Å². The molecule has 7 heteroatoms. The molecule has 0 aliphatic rings. The zero-order valence-electron chi connectivity index (χ0n) is 16.2. The number of aromatic nitrogens is 2. The fourth-order valence-corrected chi connectivity index (χ4v) is 3.10. The minimum atomic E-state index is -0.784. The van der Waals surface area contributed by atoms with Crippen molar-refractivity contribution >= 4 is 22.6 Å². The van der Waals surface area contributed by atoms with Crippen LogP contribution in [0, 0.1) is 6.92 Å². The molecule has 4 aromatic rings. The van der Waals surface area contributed by atoms with E-state index in [1.807, 2.05) is 31.2 Å². The lowest BCUT2D eigenvalue weighted by Crippen LogP contribution is -2.38. The summed E-state index contributed by atoms with van der Waals surface area (Å²) in [7, 11) is 0. The molecule has 30 heavy (non-hydrogen) atoms. The van der Waals surface area contributed by atoms with Gasteiger partial charge in [0.2, 0.25) is 5.91 Å². The highest BCUT2D eigenvalue weighted by molar-refractivity contribution is 5.93. The highest BCUT2D eigenvalue weighted by Gasteiger charge is 2.13. The summed E-state index contributed by atoms with van der Waals surface area (Å²) in [4.78, 5) is 39.5. The summed E-state index contributed by atoms with van der Waals surface area (Å²) >= 11 is 0. The highest BCUT2D eigenvalue weighted by atomic mass is 16.5. The number of carbonyl (C=O) groups excluding carboxylic acids is 1. The molecule has 1 amide bonds. The van der Waals surface area contributed by atoms with Gasteiger partial charge in [-0.3, -0.25) is 19.0 Å². The summed E-state index contributed by atoms with van der Waals surface area (Å²) in [5.41, 5.74) is 0.974. The minimum Gasteiger partial charge on any atom is -0.455 e. The van der Waals surface area contributed by atoms with Crippen LogP contribution in [0.4, 0.5) is 5.69 Å². The average molecular weight is 401 g/mol. The third kappa shape index (κ3) is 4.00. The van der Waals surface area contributed by atoms with Gasteiger partial charge in [0.25, 0.3) is 0 Å². The van der Waals surface area contributed by atoms with Crippen LogP contribution in [0.1, 0.15) is 5.56 Å². The second-order valence-corrected chi connectivity index (χ2v) is 6.82. The van der Waals surface area contributed by atoms with Crippen LogP contribution in [-0.4, -0.2) is 15.5 Å². The Labute approximate surface area is 171 Å². The van der Waals surface area contributed by atoms with Crippen LogP contribution >= 0.6 is 0 Å². The molecule has 150 valence electrons. The van der Waals surface area contributed by atoms with Gasteiger partial charge in [-0.1, -0.05) is 42.0 Å². The Hall–Kier alpha value is -4.13. The Morgan fingerprint density at radius 1 is 0.967 bits per heavy atom. The number of amides is 1. The monoisotopic (exact) mass is 401 g/mol. The van der Waals surface area contributed by atoms with Gasteiger partial charge in [-0.05, 0) is 43.3 Å². The summed E-state index contributed by atoms with van der Waals surface area (Å²) in [6.07, 6.45) is 0. The number of ether oxygens (including phenoxy) is 1. The first-order valence-corrected chi connectivity index (χ1v) is 9.36. The molecular formula is C23H19N3O4. The number of para-hydroxylation sites is 4. The summed E-state index contributed by atoms with van der Waals surface area (Å²) < 4.78 is 7.05. The fraction of sp³-hybridized carbons (Fsp3) is 0.0870. The molecule has 0 atom stereocenters. The van der Waals surface area contributed by atoms with Gasteiger partial charge in [0.15, 0.2) is 5.75 Å². The van der Waals surface area contributed by atoms with Crippen LogP contribution in [-0.2, 0) is 11.3 Å². The molecule has 3 aromatic carbocycles. The maximum Gasteiger partial charge on any atom is 0.317 e. The van der Waals surface area contributed by atoms with Crippen LogP contribution < -0.4 is 21.2 Å². The van der Waals surface area contributed by atoms with Gasteiger partial charge in [0, 0.05) is 0 Å². The number of hydrogen-bond acceptors (Lipinski definition) is 4. The SMILES string of the molecule is Cc1ccc(Oc2ccccc2NC(=O)Cn2c(=O)c(=O)[nH]c3ccccc32)cc1. The number of nitrogens with one attached hydrogen (secondary N) is 2. The van der Waals surface area contributed by atoms with E-state index in [4.69, 9.17) is 4.74 Å². The smallest absolute Gasteiger partial charge is 0.317 e. The normalized spacial score (nSPS) is 10.7. The second-order valence-electron chi connectivity index (χ2n) is 6.82. The lowest BCUT2D eigenvalue weighted by molar-refractivity contribution is -0.116. The van der Waals surface area contributed by atoms with Gasteiger partial charge in [-0.2, -0.15) is 0 Å². The van der Waals surface area contributed by atoms with Crippen molar-refractivity contribution in [2.24, 2.45) is 0 Å². The first-order valence-electron chi connectivity index (χ1n) is 9.36. The number of fused-ring (bicyclic) bond motifs is 1. The number of nitrogens with zero attached hydrogens (tertiary/aromatic N) is 1. The summed E-state index contributed by atoms with van der Waals surface area (Å²) in [5.74, 6) is 0.657. The number of hydrogen-bond donors (Lipinski definition) is 2. The predicted octanol–water partition coefficient (Wildman–Crippen LogP) is 3.43. The standard InChI is InChI=1S/C23H19N3O4/c1-15-10-12-16(13-11-15)30-20-9-5-3-7-18(20)24-21(27)14-26-19-8-4-2-6-17(19)25-22(28)23(26)29/h2-13H,14H2,1H3,(H,24,27)(H,25,28). The molecule has 0 saturated heterocycles. The number of aromatic amines is 1. The molecular weight excluding hydrogens is 382 g/mol. The van der Waals surface area contributed by atoms with Crippen molar-refractivity contribution in [3.8, 4) is 11.5 Å². The van der Waals surface area contributed by atoms with Crippen molar-refractivity contribution < 1.29 is 9.53 Å². The van der Waals surface area contributed by atoms with Crippen molar-refractivity contribution in [3.05, 3.63) is 99.1 Å². The summed E-state index contributed by atoms with van der Waals surface area (Å²) in [6, 6.07) is 21.4. The number of anilines is 1. The second kappa shape index (κ2) is 8.08. The van der Waals surface area contributed by atoms with Crippen LogP contribution in [0.3, 0.4) is 0 Å². The molecule has 2 N–H and O–H groups in total. The van der Waals surface area contributed by atoms with Crippen molar-refractivity contribution in [2.45, 2.75) is 13.5 Å². The van der Waals surface area contributed by atoms with Gasteiger partial charge in [-0.15, -0.1) is 0 Å². The predicted molar refractivity (Wildman–Crippen MR) is 115 cm³/mol. The zero-order chi connectivity index (χ0) is 21.1. The zero-order valence-corrected chi connectivity index (χ0v) is 16.2. The fourth-order valence-electron chi connectivity index (χ4n) is 3.10.